The molecule has 0 aliphatic carbocycles. The van der Waals surface area contributed by atoms with Crippen LogP contribution in [0.15, 0.2) is 53.1 Å². The van der Waals surface area contributed by atoms with Crippen LogP contribution in [0.25, 0.3) is 23.0 Å². The molecule has 0 fully saturated rings. The lowest BCUT2D eigenvalue weighted by Crippen LogP contribution is -2.36. The summed E-state index contributed by atoms with van der Waals surface area (Å²) in [4.78, 5) is 19.2. The van der Waals surface area contributed by atoms with Crippen molar-refractivity contribution in [3.8, 4) is 23.0 Å². The zero-order chi connectivity index (χ0) is 21.5. The maximum absolute atomic E-state index is 13.2. The third-order valence-electron chi connectivity index (χ3n) is 5.33. The first-order valence-corrected chi connectivity index (χ1v) is 10.1. The highest BCUT2D eigenvalue weighted by Crippen LogP contribution is 2.31. The summed E-state index contributed by atoms with van der Waals surface area (Å²) in [6.07, 6.45) is 0.657. The summed E-state index contributed by atoms with van der Waals surface area (Å²) < 4.78 is 20.4. The lowest BCUT2D eigenvalue weighted by Gasteiger charge is -2.27. The van der Waals surface area contributed by atoms with Crippen LogP contribution in [0.5, 0.6) is 0 Å². The summed E-state index contributed by atoms with van der Waals surface area (Å²) >= 11 is 6.05. The van der Waals surface area contributed by atoms with Crippen molar-refractivity contribution in [2.75, 3.05) is 6.54 Å². The Kier molecular flexibility index (Phi) is 4.78. The fraction of sp³-hybridized carbons (Fsp3) is 0.182. The van der Waals surface area contributed by atoms with Crippen molar-refractivity contribution in [3.05, 3.63) is 76.2 Å². The standard InChI is InChI=1S/C22H17ClFN5O2/c1-28-18-9-10-29(22(30)14-3-2-4-15(23)11-14)12-17(18)19(26-28)21-25-20(27-31-21)13-5-7-16(24)8-6-13/h2-8,11H,9-10,12H2,1H3. The van der Waals surface area contributed by atoms with Crippen molar-refractivity contribution in [3.63, 3.8) is 0 Å². The molecule has 4 aromatic rings. The fourth-order valence-electron chi connectivity index (χ4n) is 3.78. The molecule has 2 aromatic heterocycles. The number of nitrogens with zero attached hydrogens (tertiary/aromatic N) is 5. The third kappa shape index (κ3) is 3.59. The molecule has 31 heavy (non-hydrogen) atoms. The van der Waals surface area contributed by atoms with Gasteiger partial charge in [-0.2, -0.15) is 10.1 Å². The Balaban J connectivity index is 1.46. The topological polar surface area (TPSA) is 77.1 Å². The van der Waals surface area contributed by atoms with E-state index >= 15 is 0 Å². The highest BCUT2D eigenvalue weighted by Gasteiger charge is 2.30. The van der Waals surface area contributed by atoms with Crippen molar-refractivity contribution in [1.29, 1.82) is 0 Å². The molecule has 9 heteroatoms. The molecule has 0 saturated heterocycles. The number of carbonyl (C=O) groups is 1. The highest BCUT2D eigenvalue weighted by atomic mass is 35.5. The number of carbonyl (C=O) groups excluding carboxylic acids is 1. The summed E-state index contributed by atoms with van der Waals surface area (Å²) in [5.41, 5.74) is 3.61. The van der Waals surface area contributed by atoms with Gasteiger partial charge in [0.05, 0.1) is 6.54 Å². The van der Waals surface area contributed by atoms with Gasteiger partial charge in [-0.3, -0.25) is 9.48 Å². The van der Waals surface area contributed by atoms with Crippen LogP contribution in [0.4, 0.5) is 4.39 Å². The van der Waals surface area contributed by atoms with Gasteiger partial charge >= 0.3 is 0 Å². The molecule has 1 amide bonds. The molecule has 1 aliphatic rings. The van der Waals surface area contributed by atoms with Crippen LogP contribution in [0.2, 0.25) is 5.02 Å². The second kappa shape index (κ2) is 7.63. The number of hydrogen-bond acceptors (Lipinski definition) is 5. The minimum absolute atomic E-state index is 0.0968. The second-order valence-corrected chi connectivity index (χ2v) is 7.75. The Morgan fingerprint density at radius 2 is 2.00 bits per heavy atom. The SMILES string of the molecule is Cn1nc(-c2nc(-c3ccc(F)cc3)no2)c2c1CCN(C(=O)c1cccc(Cl)c1)C2. The minimum atomic E-state index is -0.337. The Morgan fingerprint density at radius 1 is 1.19 bits per heavy atom. The van der Waals surface area contributed by atoms with Crippen molar-refractivity contribution in [2.24, 2.45) is 7.05 Å². The smallest absolute Gasteiger partial charge is 0.279 e. The van der Waals surface area contributed by atoms with Gasteiger partial charge in [0, 0.05) is 47.4 Å². The first kappa shape index (κ1) is 19.4. The van der Waals surface area contributed by atoms with E-state index in [-0.39, 0.29) is 17.6 Å². The van der Waals surface area contributed by atoms with E-state index in [4.69, 9.17) is 16.1 Å². The quantitative estimate of drug-likeness (QED) is 0.481. The third-order valence-corrected chi connectivity index (χ3v) is 5.57. The number of amides is 1. The number of hydrogen-bond donors (Lipinski definition) is 0. The Bertz CT molecular complexity index is 1280. The normalized spacial score (nSPS) is 13.3. The Morgan fingerprint density at radius 3 is 2.77 bits per heavy atom. The maximum Gasteiger partial charge on any atom is 0.279 e. The van der Waals surface area contributed by atoms with Gasteiger partial charge in [-0.1, -0.05) is 22.8 Å². The average Bonchev–Trinajstić information content (AvgIpc) is 3.38. The molecular formula is C22H17ClFN5O2. The van der Waals surface area contributed by atoms with Crippen LogP contribution in [-0.2, 0) is 20.0 Å². The summed E-state index contributed by atoms with van der Waals surface area (Å²) in [5.74, 6) is 0.168. The first-order valence-electron chi connectivity index (χ1n) is 9.69. The summed E-state index contributed by atoms with van der Waals surface area (Å²) in [6, 6.07) is 12.8. The monoisotopic (exact) mass is 437 g/mol. The first-order chi connectivity index (χ1) is 15.0. The highest BCUT2D eigenvalue weighted by molar-refractivity contribution is 6.30. The molecule has 3 heterocycles. The van der Waals surface area contributed by atoms with Crippen LogP contribution in [0, 0.1) is 5.82 Å². The predicted octanol–water partition coefficient (Wildman–Crippen LogP) is 4.13. The Labute approximate surface area is 182 Å². The molecule has 0 atom stereocenters. The van der Waals surface area contributed by atoms with E-state index in [1.165, 1.54) is 12.1 Å². The summed E-state index contributed by atoms with van der Waals surface area (Å²) in [6.45, 7) is 0.945. The van der Waals surface area contributed by atoms with Crippen molar-refractivity contribution >= 4 is 17.5 Å². The molecule has 7 nitrogen and oxygen atoms in total. The predicted molar refractivity (Wildman–Crippen MR) is 112 cm³/mol. The molecule has 0 unspecified atom stereocenters. The van der Waals surface area contributed by atoms with Gasteiger partial charge < -0.3 is 9.42 Å². The van der Waals surface area contributed by atoms with E-state index in [0.717, 1.165) is 11.3 Å². The molecule has 156 valence electrons. The van der Waals surface area contributed by atoms with Crippen molar-refractivity contribution in [2.45, 2.75) is 13.0 Å². The zero-order valence-corrected chi connectivity index (χ0v) is 17.3. The van der Waals surface area contributed by atoms with E-state index in [1.54, 1.807) is 46.0 Å². The van der Waals surface area contributed by atoms with Crippen LogP contribution in [-0.4, -0.2) is 37.3 Å². The Hall–Kier alpha value is -3.52. The van der Waals surface area contributed by atoms with Gasteiger partial charge in [0.25, 0.3) is 11.8 Å². The van der Waals surface area contributed by atoms with Crippen LogP contribution in [0.1, 0.15) is 21.6 Å². The molecular weight excluding hydrogens is 421 g/mol. The summed E-state index contributed by atoms with van der Waals surface area (Å²) in [5, 5.41) is 9.09. The van der Waals surface area contributed by atoms with Gasteiger partial charge in [0.15, 0.2) is 5.69 Å². The fourth-order valence-corrected chi connectivity index (χ4v) is 3.97. The van der Waals surface area contributed by atoms with E-state index in [1.807, 2.05) is 7.05 Å². The number of fused-ring (bicyclic) bond motifs is 1. The van der Waals surface area contributed by atoms with Crippen LogP contribution in [0.3, 0.4) is 0 Å². The average molecular weight is 438 g/mol. The molecule has 0 N–H and O–H groups in total. The number of halogens is 2. The molecule has 0 spiro atoms. The molecule has 0 bridgehead atoms. The molecule has 5 rings (SSSR count). The summed E-state index contributed by atoms with van der Waals surface area (Å²) in [7, 11) is 1.86. The molecule has 0 saturated carbocycles. The molecule has 0 radical (unpaired) electrons. The van der Waals surface area contributed by atoms with Gasteiger partial charge in [0.2, 0.25) is 5.82 Å². The number of aryl methyl sites for hydroxylation is 1. The molecule has 1 aliphatic heterocycles. The van der Waals surface area contributed by atoms with E-state index < -0.39 is 0 Å². The number of aromatic nitrogens is 4. The van der Waals surface area contributed by atoms with E-state index in [9.17, 15) is 9.18 Å². The van der Waals surface area contributed by atoms with Crippen molar-refractivity contribution in [1.82, 2.24) is 24.8 Å². The van der Waals surface area contributed by atoms with Gasteiger partial charge in [-0.15, -0.1) is 0 Å². The van der Waals surface area contributed by atoms with Gasteiger partial charge in [0.1, 0.15) is 5.82 Å². The van der Waals surface area contributed by atoms with Crippen molar-refractivity contribution < 1.29 is 13.7 Å². The lowest BCUT2D eigenvalue weighted by molar-refractivity contribution is 0.0733. The minimum Gasteiger partial charge on any atom is -0.334 e. The largest absolute Gasteiger partial charge is 0.334 e. The molecule has 2 aromatic carbocycles. The maximum atomic E-state index is 13.2. The number of benzene rings is 2. The van der Waals surface area contributed by atoms with E-state index in [2.05, 4.69) is 15.2 Å². The van der Waals surface area contributed by atoms with Gasteiger partial charge in [-0.25, -0.2) is 4.39 Å². The zero-order valence-electron chi connectivity index (χ0n) is 16.5. The van der Waals surface area contributed by atoms with E-state index in [0.29, 0.717) is 47.2 Å². The van der Waals surface area contributed by atoms with Crippen LogP contribution < -0.4 is 0 Å². The van der Waals surface area contributed by atoms with Gasteiger partial charge in [-0.05, 0) is 42.5 Å². The van der Waals surface area contributed by atoms with Crippen LogP contribution >= 0.6 is 11.6 Å². The number of rotatable bonds is 3. The second-order valence-electron chi connectivity index (χ2n) is 7.31. The lowest BCUT2D eigenvalue weighted by atomic mass is 10.0.